The summed E-state index contributed by atoms with van der Waals surface area (Å²) in [7, 11) is -4.00. The Hall–Kier alpha value is -1.98. The molecule has 2 N–H and O–H groups in total. The first kappa shape index (κ1) is 38.2. The average molecular weight is 644 g/mol. The SMILES string of the molecule is CCCCCCCCCCCCCCCCOCCCOP(=O)(O)COC[C@H]1O[C@@H](n2cc(C)c(=O)[nH]c2=O)C[C@@H]1N=[N+]=[N-]. The van der Waals surface area contributed by atoms with Crippen molar-refractivity contribution in [2.75, 3.05) is 32.8 Å². The monoisotopic (exact) mass is 643 g/mol. The van der Waals surface area contributed by atoms with Gasteiger partial charge in [-0.05, 0) is 25.3 Å². The number of unbranched alkanes of at least 4 members (excludes halogenated alkanes) is 13. The minimum atomic E-state index is -4.00. The molecule has 1 unspecified atom stereocenters. The molecule has 0 aromatic carbocycles. The number of nitrogens with one attached hydrogen (secondary N) is 1. The Labute approximate surface area is 261 Å². The van der Waals surface area contributed by atoms with Crippen LogP contribution in [-0.2, 0) is 23.3 Å². The second-order valence-corrected chi connectivity index (χ2v) is 13.4. The Bertz CT molecular complexity index is 1140. The predicted molar refractivity (Wildman–Crippen MR) is 170 cm³/mol. The van der Waals surface area contributed by atoms with Crippen LogP contribution in [0.2, 0.25) is 0 Å². The number of aryl methyl sites for hydroxylation is 1. The van der Waals surface area contributed by atoms with Crippen LogP contribution in [0.25, 0.3) is 10.4 Å². The lowest BCUT2D eigenvalue weighted by Crippen LogP contribution is -2.33. The Kier molecular flexibility index (Phi) is 19.5. The largest absolute Gasteiger partial charge is 0.381 e. The molecule has 44 heavy (non-hydrogen) atoms. The molecule has 1 saturated heterocycles. The fraction of sp³-hybridized carbons (Fsp3) is 0.867. The molecule has 1 aromatic heterocycles. The van der Waals surface area contributed by atoms with E-state index in [0.717, 1.165) is 12.8 Å². The topological polar surface area (TPSA) is 178 Å². The van der Waals surface area contributed by atoms with Gasteiger partial charge in [-0.1, -0.05) is 95.5 Å². The van der Waals surface area contributed by atoms with Gasteiger partial charge in [0.05, 0.1) is 25.4 Å². The second-order valence-electron chi connectivity index (χ2n) is 11.6. The standard InChI is InChI=1S/C30H54N5O8P/c1-3-4-5-6-7-8-9-10-11-12-13-14-15-16-18-40-19-17-20-42-44(38,39)24-41-23-27-26(33-34-31)21-28(43-27)35-22-25(2)29(36)32-30(35)37/h22,26-28H,3-21,23-24H2,1-2H3,(H,38,39)(H,32,36,37)/t26-,27+,28+/m0/s1. The molecular formula is C30H54N5O8P. The highest BCUT2D eigenvalue weighted by molar-refractivity contribution is 7.52. The first-order valence-electron chi connectivity index (χ1n) is 16.4. The molecule has 1 aromatic rings. The maximum absolute atomic E-state index is 12.3. The van der Waals surface area contributed by atoms with Crippen molar-refractivity contribution in [2.24, 2.45) is 5.11 Å². The Morgan fingerprint density at radius 3 is 2.18 bits per heavy atom. The maximum atomic E-state index is 12.3. The third-order valence-electron chi connectivity index (χ3n) is 7.77. The molecule has 0 radical (unpaired) electrons. The molecule has 4 atom stereocenters. The zero-order valence-electron chi connectivity index (χ0n) is 26.7. The van der Waals surface area contributed by atoms with Gasteiger partial charge < -0.3 is 23.6 Å². The zero-order valence-corrected chi connectivity index (χ0v) is 27.6. The lowest BCUT2D eigenvalue weighted by molar-refractivity contribution is -0.0407. The number of hydrogen-bond donors (Lipinski definition) is 2. The Balaban J connectivity index is 1.48. The summed E-state index contributed by atoms with van der Waals surface area (Å²) in [6.45, 7) is 4.86. The number of ether oxygens (including phenoxy) is 3. The van der Waals surface area contributed by atoms with E-state index in [2.05, 4.69) is 21.9 Å². The summed E-state index contributed by atoms with van der Waals surface area (Å²) in [5.74, 6) is 0. The van der Waals surface area contributed by atoms with E-state index in [0.29, 0.717) is 25.2 Å². The Morgan fingerprint density at radius 1 is 0.977 bits per heavy atom. The van der Waals surface area contributed by atoms with Crippen LogP contribution >= 0.6 is 7.60 Å². The van der Waals surface area contributed by atoms with Crippen molar-refractivity contribution in [3.05, 3.63) is 43.0 Å². The lowest BCUT2D eigenvalue weighted by Gasteiger charge is -2.18. The molecule has 0 amide bonds. The molecule has 1 aliphatic heterocycles. The number of rotatable bonds is 26. The summed E-state index contributed by atoms with van der Waals surface area (Å²) >= 11 is 0. The van der Waals surface area contributed by atoms with Gasteiger partial charge in [-0.2, -0.15) is 0 Å². The van der Waals surface area contributed by atoms with Gasteiger partial charge in [-0.15, -0.1) is 0 Å². The molecule has 2 heterocycles. The van der Waals surface area contributed by atoms with E-state index in [1.165, 1.54) is 87.8 Å². The highest BCUT2D eigenvalue weighted by atomic mass is 31.2. The van der Waals surface area contributed by atoms with Crippen LogP contribution in [-0.4, -0.2) is 59.4 Å². The van der Waals surface area contributed by atoms with Gasteiger partial charge in [-0.3, -0.25) is 18.9 Å². The minimum Gasteiger partial charge on any atom is -0.381 e. The smallest absolute Gasteiger partial charge is 0.353 e. The molecule has 1 fully saturated rings. The maximum Gasteiger partial charge on any atom is 0.353 e. The van der Waals surface area contributed by atoms with Crippen molar-refractivity contribution in [3.8, 4) is 0 Å². The van der Waals surface area contributed by atoms with Crippen LogP contribution in [0.1, 0.15) is 121 Å². The number of nitrogens with zero attached hydrogens (tertiary/aromatic N) is 4. The zero-order chi connectivity index (χ0) is 32.0. The molecule has 13 nitrogen and oxygen atoms in total. The van der Waals surface area contributed by atoms with Gasteiger partial charge in [0.15, 0.2) is 0 Å². The van der Waals surface area contributed by atoms with E-state index in [1.807, 2.05) is 0 Å². The molecule has 0 aliphatic carbocycles. The Morgan fingerprint density at radius 2 is 1.57 bits per heavy atom. The molecule has 252 valence electrons. The fourth-order valence-electron chi connectivity index (χ4n) is 5.21. The molecular weight excluding hydrogens is 589 g/mol. The fourth-order valence-corrected chi connectivity index (χ4v) is 6.04. The summed E-state index contributed by atoms with van der Waals surface area (Å²) in [6, 6.07) is -0.667. The predicted octanol–water partition coefficient (Wildman–Crippen LogP) is 6.88. The van der Waals surface area contributed by atoms with Crippen molar-refractivity contribution < 1.29 is 28.2 Å². The summed E-state index contributed by atoms with van der Waals surface area (Å²) < 4.78 is 35.5. The highest BCUT2D eigenvalue weighted by Gasteiger charge is 2.37. The van der Waals surface area contributed by atoms with Crippen LogP contribution in [0, 0.1) is 6.92 Å². The van der Waals surface area contributed by atoms with E-state index in [1.54, 1.807) is 6.92 Å². The molecule has 0 saturated carbocycles. The average Bonchev–Trinajstić information content (AvgIpc) is 3.38. The quantitative estimate of drug-likeness (QED) is 0.0361. The number of aromatic amines is 1. The number of aromatic nitrogens is 2. The molecule has 0 bridgehead atoms. The number of hydrogen-bond acceptors (Lipinski definition) is 8. The van der Waals surface area contributed by atoms with Crippen molar-refractivity contribution in [3.63, 3.8) is 0 Å². The molecule has 2 rings (SSSR count). The van der Waals surface area contributed by atoms with Crippen LogP contribution in [0.5, 0.6) is 0 Å². The lowest BCUT2D eigenvalue weighted by atomic mass is 10.0. The van der Waals surface area contributed by atoms with E-state index < -0.39 is 43.6 Å². The number of azide groups is 1. The first-order valence-corrected chi connectivity index (χ1v) is 18.2. The summed E-state index contributed by atoms with van der Waals surface area (Å²) in [5, 5.41) is 3.71. The summed E-state index contributed by atoms with van der Waals surface area (Å²) in [4.78, 5) is 39.0. The van der Waals surface area contributed by atoms with Gasteiger partial charge in [0.2, 0.25) is 0 Å². The van der Waals surface area contributed by atoms with Crippen molar-refractivity contribution in [1.82, 2.24) is 9.55 Å². The van der Waals surface area contributed by atoms with Gasteiger partial charge in [0.1, 0.15) is 12.6 Å². The van der Waals surface area contributed by atoms with Crippen LogP contribution in [0.15, 0.2) is 20.9 Å². The van der Waals surface area contributed by atoms with Gasteiger partial charge in [0.25, 0.3) is 5.56 Å². The van der Waals surface area contributed by atoms with Crippen LogP contribution in [0.4, 0.5) is 0 Å². The normalized spacial score (nSPS) is 19.6. The third-order valence-corrected chi connectivity index (χ3v) is 8.86. The molecule has 0 spiro atoms. The van der Waals surface area contributed by atoms with Crippen LogP contribution in [0.3, 0.4) is 0 Å². The van der Waals surface area contributed by atoms with Gasteiger partial charge >= 0.3 is 13.3 Å². The minimum absolute atomic E-state index is 0.0632. The summed E-state index contributed by atoms with van der Waals surface area (Å²) in [5.41, 5.74) is 8.09. The van der Waals surface area contributed by atoms with Crippen molar-refractivity contribution in [1.29, 1.82) is 0 Å². The van der Waals surface area contributed by atoms with Gasteiger partial charge in [0, 0.05) is 36.3 Å². The van der Waals surface area contributed by atoms with Gasteiger partial charge in [-0.25, -0.2) is 4.79 Å². The van der Waals surface area contributed by atoms with Crippen molar-refractivity contribution >= 4 is 7.60 Å². The number of H-pyrrole nitrogens is 1. The second kappa shape index (κ2) is 22.5. The van der Waals surface area contributed by atoms with E-state index in [9.17, 15) is 19.0 Å². The third kappa shape index (κ3) is 15.8. The highest BCUT2D eigenvalue weighted by Crippen LogP contribution is 2.42. The summed E-state index contributed by atoms with van der Waals surface area (Å²) in [6.07, 6.45) is 18.3. The van der Waals surface area contributed by atoms with Crippen molar-refractivity contribution in [2.45, 2.75) is 135 Å². The molecule has 14 heteroatoms. The molecule has 1 aliphatic rings. The first-order chi connectivity index (χ1) is 21.3. The van der Waals surface area contributed by atoms with E-state index in [4.69, 9.17) is 24.3 Å². The van der Waals surface area contributed by atoms with E-state index >= 15 is 0 Å². The van der Waals surface area contributed by atoms with E-state index in [-0.39, 0.29) is 19.6 Å². The van der Waals surface area contributed by atoms with Crippen LogP contribution < -0.4 is 11.2 Å².